The van der Waals surface area contributed by atoms with Crippen LogP contribution in [0.1, 0.15) is 12.8 Å². The maximum atomic E-state index is 11.0. The molecule has 0 aromatic carbocycles. The van der Waals surface area contributed by atoms with Gasteiger partial charge in [0.1, 0.15) is 0 Å². The topological polar surface area (TPSA) is 33.7 Å². The van der Waals surface area contributed by atoms with Crippen LogP contribution in [0.4, 0.5) is 0 Å². The molecule has 1 saturated heterocycles. The van der Waals surface area contributed by atoms with Crippen LogP contribution in [0.15, 0.2) is 0 Å². The van der Waals surface area contributed by atoms with Crippen LogP contribution in [-0.4, -0.2) is 22.3 Å². The number of hydrogen-bond donors (Lipinski definition) is 1. The number of nitrogens with two attached hydrogens (primary N) is 1. The van der Waals surface area contributed by atoms with Crippen molar-refractivity contribution in [2.75, 3.05) is 18.1 Å². The monoisotopic (exact) mass is 161 g/mol. The first-order valence-electron chi connectivity index (χ1n) is 3.79. The van der Waals surface area contributed by atoms with E-state index >= 15 is 0 Å². The van der Waals surface area contributed by atoms with Gasteiger partial charge in [0, 0.05) is 28.2 Å². The van der Waals surface area contributed by atoms with Crippen LogP contribution in [-0.2, 0) is 10.8 Å². The van der Waals surface area contributed by atoms with Gasteiger partial charge < -0.3 is 5.32 Å². The van der Waals surface area contributed by atoms with Crippen molar-refractivity contribution >= 4 is 10.8 Å². The van der Waals surface area contributed by atoms with Crippen molar-refractivity contribution < 1.29 is 9.53 Å². The van der Waals surface area contributed by atoms with E-state index in [-0.39, 0.29) is 0 Å². The van der Waals surface area contributed by atoms with E-state index in [9.17, 15) is 4.21 Å². The molecule has 1 aliphatic heterocycles. The highest BCUT2D eigenvalue weighted by Crippen LogP contribution is 2.13. The third-order valence-electron chi connectivity index (χ3n) is 1.91. The van der Waals surface area contributed by atoms with Gasteiger partial charge in [0.25, 0.3) is 0 Å². The molecule has 3 heteroatoms. The van der Waals surface area contributed by atoms with Crippen molar-refractivity contribution in [3.63, 3.8) is 0 Å². The summed E-state index contributed by atoms with van der Waals surface area (Å²) in [7, 11) is 3.16. The van der Waals surface area contributed by atoms with Crippen molar-refractivity contribution in [1.82, 2.24) is 0 Å². The summed E-state index contributed by atoms with van der Waals surface area (Å²) in [6.07, 6.45) is 2.39. The summed E-state index contributed by atoms with van der Waals surface area (Å²) in [6, 6.07) is 0. The summed E-state index contributed by atoms with van der Waals surface area (Å²) in [5.74, 6) is 2.49. The summed E-state index contributed by atoms with van der Waals surface area (Å²) < 4.78 is 11.0. The molecule has 1 rings (SSSR count). The number of rotatable bonds is 2. The molecule has 1 aliphatic rings. The highest BCUT2D eigenvalue weighted by atomic mass is 32.2. The molecule has 0 saturated carbocycles. The third kappa shape index (κ3) is 2.39. The predicted molar refractivity (Wildman–Crippen MR) is 42.7 cm³/mol. The molecule has 2 atom stereocenters. The summed E-state index contributed by atoms with van der Waals surface area (Å²) >= 11 is 0. The lowest BCUT2D eigenvalue weighted by Crippen LogP contribution is -2.79. The summed E-state index contributed by atoms with van der Waals surface area (Å²) in [4.78, 5) is 0. The second kappa shape index (κ2) is 4.09. The minimum Gasteiger partial charge on any atom is -0.479 e. The van der Waals surface area contributed by atoms with Crippen molar-refractivity contribution in [2.24, 2.45) is 5.92 Å². The second-order valence-corrected chi connectivity index (χ2v) is 4.46. The number of hydrogen-bond acceptors (Lipinski definition) is 1. The van der Waals surface area contributed by atoms with Crippen LogP contribution in [0.2, 0.25) is 0 Å². The lowest BCUT2D eigenvalue weighted by molar-refractivity contribution is -0.601. The quantitative estimate of drug-likeness (QED) is 0.544. The van der Waals surface area contributed by atoms with Crippen LogP contribution in [0.3, 0.4) is 0 Å². The van der Waals surface area contributed by atoms with Crippen molar-refractivity contribution in [3.8, 4) is 0 Å². The zero-order chi connectivity index (χ0) is 7.40. The SMILES string of the molecule is [CH2-][NH2+]CC1CCCS(=O)C1. The summed E-state index contributed by atoms with van der Waals surface area (Å²) in [5.41, 5.74) is 0. The van der Waals surface area contributed by atoms with Crippen molar-refractivity contribution in [2.45, 2.75) is 12.8 Å². The van der Waals surface area contributed by atoms with Crippen LogP contribution < -0.4 is 5.32 Å². The van der Waals surface area contributed by atoms with E-state index in [4.69, 9.17) is 0 Å². The zero-order valence-electron chi connectivity index (χ0n) is 6.21. The fourth-order valence-corrected chi connectivity index (χ4v) is 2.87. The fraction of sp³-hybridized carbons (Fsp3) is 0.857. The number of quaternary nitrogens is 1. The average molecular weight is 161 g/mol. The standard InChI is InChI=1S/C7H15NOS/c1-8-5-7-3-2-4-10(9)6-7/h7H,1-6,8H2. The van der Waals surface area contributed by atoms with Crippen LogP contribution in [0.5, 0.6) is 0 Å². The predicted octanol–water partition coefficient (Wildman–Crippen LogP) is -0.500. The van der Waals surface area contributed by atoms with Crippen LogP contribution >= 0.6 is 0 Å². The smallest absolute Gasteiger partial charge is 0.0553 e. The van der Waals surface area contributed by atoms with E-state index < -0.39 is 10.8 Å². The van der Waals surface area contributed by atoms with Crippen molar-refractivity contribution in [3.05, 3.63) is 7.05 Å². The Hall–Kier alpha value is 0.110. The molecule has 2 unspecified atom stereocenters. The van der Waals surface area contributed by atoms with Gasteiger partial charge in [-0.2, -0.15) is 7.05 Å². The minimum absolute atomic E-state index is 0.520. The van der Waals surface area contributed by atoms with E-state index in [1.54, 1.807) is 0 Å². The molecule has 1 heterocycles. The molecule has 0 radical (unpaired) electrons. The maximum absolute atomic E-state index is 11.0. The molecule has 0 spiro atoms. The summed E-state index contributed by atoms with van der Waals surface area (Å²) in [6.45, 7) is 1.05. The van der Waals surface area contributed by atoms with Crippen molar-refractivity contribution in [1.29, 1.82) is 0 Å². The summed E-state index contributed by atoms with van der Waals surface area (Å²) in [5, 5.41) is 1.94. The van der Waals surface area contributed by atoms with Gasteiger partial charge in [-0.25, -0.2) is 0 Å². The molecule has 0 aliphatic carbocycles. The van der Waals surface area contributed by atoms with Gasteiger partial charge in [0.15, 0.2) is 0 Å². The third-order valence-corrected chi connectivity index (χ3v) is 3.49. The second-order valence-electron chi connectivity index (χ2n) is 2.84. The van der Waals surface area contributed by atoms with Gasteiger partial charge in [0.05, 0.1) is 6.54 Å². The van der Waals surface area contributed by atoms with Gasteiger partial charge in [-0.05, 0) is 12.8 Å². The Bertz CT molecular complexity index is 125. The molecule has 0 aromatic heterocycles. The van der Waals surface area contributed by atoms with Gasteiger partial charge >= 0.3 is 0 Å². The van der Waals surface area contributed by atoms with E-state index in [1.807, 2.05) is 5.32 Å². The molecule has 0 aromatic rings. The van der Waals surface area contributed by atoms with Gasteiger partial charge in [0.2, 0.25) is 0 Å². The molecular formula is C7H15NOS. The highest BCUT2D eigenvalue weighted by molar-refractivity contribution is 7.85. The Balaban J connectivity index is 2.25. The molecule has 2 N–H and O–H groups in total. The van der Waals surface area contributed by atoms with Gasteiger partial charge in [-0.1, -0.05) is 0 Å². The Morgan fingerprint density at radius 2 is 2.50 bits per heavy atom. The van der Waals surface area contributed by atoms with Gasteiger partial charge in [-0.15, -0.1) is 0 Å². The highest BCUT2D eigenvalue weighted by Gasteiger charge is 2.17. The molecule has 2 nitrogen and oxygen atoms in total. The van der Waals surface area contributed by atoms with Crippen LogP contribution in [0, 0.1) is 13.0 Å². The Morgan fingerprint density at radius 3 is 3.10 bits per heavy atom. The molecule has 0 amide bonds. The van der Waals surface area contributed by atoms with E-state index in [0.29, 0.717) is 5.92 Å². The van der Waals surface area contributed by atoms with E-state index in [0.717, 1.165) is 24.5 Å². The first-order valence-corrected chi connectivity index (χ1v) is 5.27. The molecule has 1 fully saturated rings. The lowest BCUT2D eigenvalue weighted by atomic mass is 10.1. The molecule has 0 bridgehead atoms. The average Bonchev–Trinajstić information content (AvgIpc) is 1.88. The normalized spacial score (nSPS) is 34.1. The Labute approximate surface area is 64.8 Å². The molecule has 10 heavy (non-hydrogen) atoms. The first-order chi connectivity index (χ1) is 4.83. The first kappa shape index (κ1) is 8.21. The van der Waals surface area contributed by atoms with E-state index in [1.165, 1.54) is 6.42 Å². The zero-order valence-corrected chi connectivity index (χ0v) is 7.03. The largest absolute Gasteiger partial charge is 0.479 e. The maximum Gasteiger partial charge on any atom is 0.0553 e. The van der Waals surface area contributed by atoms with Gasteiger partial charge in [-0.3, -0.25) is 4.21 Å². The minimum atomic E-state index is -0.520. The Morgan fingerprint density at radius 1 is 1.70 bits per heavy atom. The molecular weight excluding hydrogens is 146 g/mol. The Kier molecular flexibility index (Phi) is 3.35. The molecule has 60 valence electrons. The van der Waals surface area contributed by atoms with E-state index in [2.05, 4.69) is 7.05 Å². The lowest BCUT2D eigenvalue weighted by Gasteiger charge is -2.19. The fourth-order valence-electron chi connectivity index (χ4n) is 1.38. The van der Waals surface area contributed by atoms with Crippen LogP contribution in [0.25, 0.3) is 0 Å².